The van der Waals surface area contributed by atoms with Crippen LogP contribution in [0.1, 0.15) is 65.8 Å². The Balaban J connectivity index is 1.45. The van der Waals surface area contributed by atoms with Gasteiger partial charge in [0, 0.05) is 23.2 Å². The molecule has 1 aliphatic heterocycles. The van der Waals surface area contributed by atoms with Crippen LogP contribution in [0.3, 0.4) is 0 Å². The molecule has 2 aromatic rings. The van der Waals surface area contributed by atoms with Gasteiger partial charge in [0.05, 0.1) is 6.04 Å². The molecule has 1 saturated heterocycles. The van der Waals surface area contributed by atoms with Gasteiger partial charge < -0.3 is 10.2 Å². The molecular formula is C20H23ClN4O2S. The van der Waals surface area contributed by atoms with Gasteiger partial charge in [-0.15, -0.1) is 10.2 Å². The highest BCUT2D eigenvalue weighted by Crippen LogP contribution is 2.37. The molecule has 0 bridgehead atoms. The van der Waals surface area contributed by atoms with E-state index in [4.69, 9.17) is 11.6 Å². The number of anilines is 1. The largest absolute Gasteiger partial charge is 0.333 e. The van der Waals surface area contributed by atoms with Crippen molar-refractivity contribution >= 4 is 40.4 Å². The van der Waals surface area contributed by atoms with Crippen LogP contribution in [0, 0.1) is 5.92 Å². The van der Waals surface area contributed by atoms with Crippen molar-refractivity contribution in [1.82, 2.24) is 15.1 Å². The van der Waals surface area contributed by atoms with Crippen LogP contribution < -0.4 is 5.32 Å². The third-order valence-corrected chi connectivity index (χ3v) is 6.75. The molecule has 1 aliphatic carbocycles. The molecule has 0 radical (unpaired) electrons. The number of carbonyl (C=O) groups is 2. The Hall–Kier alpha value is -1.99. The molecule has 1 saturated carbocycles. The maximum Gasteiger partial charge on any atom is 0.286 e. The number of carbonyl (C=O) groups excluding carboxylic acids is 2. The molecule has 2 aliphatic rings. The average Bonchev–Trinajstić information content (AvgIpc) is 3.37. The van der Waals surface area contributed by atoms with E-state index in [1.165, 1.54) is 17.8 Å². The van der Waals surface area contributed by atoms with E-state index in [1.54, 1.807) is 24.3 Å². The molecule has 2 fully saturated rings. The van der Waals surface area contributed by atoms with Gasteiger partial charge in [-0.25, -0.2) is 0 Å². The first kappa shape index (κ1) is 19.3. The summed E-state index contributed by atoms with van der Waals surface area (Å²) in [5.74, 6) is 0.0874. The number of aromatic nitrogens is 2. The van der Waals surface area contributed by atoms with E-state index in [1.807, 2.05) is 4.90 Å². The first-order valence-corrected chi connectivity index (χ1v) is 11.0. The van der Waals surface area contributed by atoms with Crippen LogP contribution in [0.15, 0.2) is 24.3 Å². The van der Waals surface area contributed by atoms with Crippen LogP contribution in [-0.4, -0.2) is 33.5 Å². The maximum absolute atomic E-state index is 13.0. The summed E-state index contributed by atoms with van der Waals surface area (Å²) in [5.41, 5.74) is 0.615. The summed E-state index contributed by atoms with van der Waals surface area (Å²) in [6, 6.07) is 6.92. The lowest BCUT2D eigenvalue weighted by Gasteiger charge is -2.29. The van der Waals surface area contributed by atoms with E-state index in [2.05, 4.69) is 15.5 Å². The van der Waals surface area contributed by atoms with Crippen LogP contribution in [0.2, 0.25) is 5.02 Å². The van der Waals surface area contributed by atoms with Crippen LogP contribution >= 0.6 is 22.9 Å². The number of nitrogens with zero attached hydrogens (tertiary/aromatic N) is 3. The molecule has 1 N–H and O–H groups in total. The number of halogens is 1. The van der Waals surface area contributed by atoms with Crippen molar-refractivity contribution in [3.8, 4) is 0 Å². The maximum atomic E-state index is 13.0. The van der Waals surface area contributed by atoms with Crippen molar-refractivity contribution in [3.63, 3.8) is 0 Å². The van der Waals surface area contributed by atoms with Gasteiger partial charge in [0.2, 0.25) is 10.9 Å². The minimum Gasteiger partial charge on any atom is -0.333 e. The van der Waals surface area contributed by atoms with Crippen molar-refractivity contribution in [3.05, 3.63) is 39.3 Å². The summed E-state index contributed by atoms with van der Waals surface area (Å²) >= 11 is 7.23. The lowest BCUT2D eigenvalue weighted by molar-refractivity contribution is -0.137. The quantitative estimate of drug-likeness (QED) is 0.781. The monoisotopic (exact) mass is 418 g/mol. The number of likely N-dealkylation sites (tertiary alicyclic amines) is 1. The minimum absolute atomic E-state index is 0.0559. The smallest absolute Gasteiger partial charge is 0.286 e. The Morgan fingerprint density at radius 3 is 2.71 bits per heavy atom. The molecule has 6 nitrogen and oxygen atoms in total. The summed E-state index contributed by atoms with van der Waals surface area (Å²) in [6.07, 6.45) is 7.34. The highest BCUT2D eigenvalue weighted by molar-refractivity contribution is 7.13. The van der Waals surface area contributed by atoms with Gasteiger partial charge in [-0.3, -0.25) is 9.59 Å². The van der Waals surface area contributed by atoms with Crippen molar-refractivity contribution in [2.75, 3.05) is 11.9 Å². The van der Waals surface area contributed by atoms with Crippen molar-refractivity contribution < 1.29 is 9.59 Å². The van der Waals surface area contributed by atoms with Crippen LogP contribution in [0.25, 0.3) is 0 Å². The molecule has 0 spiro atoms. The fourth-order valence-corrected chi connectivity index (χ4v) is 5.16. The zero-order valence-electron chi connectivity index (χ0n) is 15.6. The van der Waals surface area contributed by atoms with Gasteiger partial charge in [-0.1, -0.05) is 48.3 Å². The normalized spacial score (nSPS) is 20.3. The first-order chi connectivity index (χ1) is 13.6. The number of hydrogen-bond acceptors (Lipinski definition) is 5. The summed E-state index contributed by atoms with van der Waals surface area (Å²) < 4.78 is 0. The van der Waals surface area contributed by atoms with E-state index >= 15 is 0 Å². The van der Waals surface area contributed by atoms with Crippen LogP contribution in [-0.2, 0) is 4.79 Å². The third-order valence-electron chi connectivity index (χ3n) is 5.49. The Kier molecular flexibility index (Phi) is 5.92. The molecule has 1 atom stereocenters. The van der Waals surface area contributed by atoms with E-state index in [0.29, 0.717) is 15.7 Å². The molecule has 1 aromatic heterocycles. The van der Waals surface area contributed by atoms with Crippen molar-refractivity contribution in [2.24, 2.45) is 5.92 Å². The van der Waals surface area contributed by atoms with Crippen LogP contribution in [0.5, 0.6) is 0 Å². The van der Waals surface area contributed by atoms with Gasteiger partial charge in [0.25, 0.3) is 5.91 Å². The first-order valence-electron chi connectivity index (χ1n) is 9.82. The Bertz CT molecular complexity index is 865. The van der Waals surface area contributed by atoms with Crippen molar-refractivity contribution in [1.29, 1.82) is 0 Å². The van der Waals surface area contributed by atoms with E-state index in [9.17, 15) is 9.59 Å². The van der Waals surface area contributed by atoms with E-state index < -0.39 is 0 Å². The second-order valence-electron chi connectivity index (χ2n) is 7.43. The zero-order valence-corrected chi connectivity index (χ0v) is 17.1. The number of rotatable bonds is 4. The number of nitrogens with one attached hydrogen (secondary N) is 1. The van der Waals surface area contributed by atoms with Crippen LogP contribution in [0.4, 0.5) is 5.69 Å². The predicted molar refractivity (Wildman–Crippen MR) is 110 cm³/mol. The minimum atomic E-state index is -0.311. The molecular weight excluding hydrogens is 396 g/mol. The lowest BCUT2D eigenvalue weighted by Crippen LogP contribution is -2.36. The average molecular weight is 419 g/mol. The second-order valence-corrected chi connectivity index (χ2v) is 8.88. The topological polar surface area (TPSA) is 75.2 Å². The molecule has 2 amide bonds. The molecule has 148 valence electrons. The summed E-state index contributed by atoms with van der Waals surface area (Å²) in [4.78, 5) is 27.4. The Labute approximate surface area is 173 Å². The second kappa shape index (κ2) is 8.57. The fourth-order valence-electron chi connectivity index (χ4n) is 4.08. The zero-order chi connectivity index (χ0) is 19.5. The Morgan fingerprint density at radius 2 is 1.93 bits per heavy atom. The summed E-state index contributed by atoms with van der Waals surface area (Å²) in [5, 5.41) is 12.7. The fraction of sp³-hybridized carbons (Fsp3) is 0.500. The molecule has 8 heteroatoms. The van der Waals surface area contributed by atoms with Gasteiger partial charge in [0.1, 0.15) is 5.01 Å². The van der Waals surface area contributed by atoms with E-state index in [-0.39, 0.29) is 23.8 Å². The number of amides is 2. The van der Waals surface area contributed by atoms with Gasteiger partial charge in [-0.05, 0) is 43.9 Å². The molecule has 1 unspecified atom stereocenters. The lowest BCUT2D eigenvalue weighted by atomic mass is 9.88. The Morgan fingerprint density at radius 1 is 1.11 bits per heavy atom. The van der Waals surface area contributed by atoms with Gasteiger partial charge >= 0.3 is 0 Å². The highest BCUT2D eigenvalue weighted by Gasteiger charge is 2.36. The van der Waals surface area contributed by atoms with Gasteiger partial charge in [-0.2, -0.15) is 0 Å². The molecule has 28 heavy (non-hydrogen) atoms. The van der Waals surface area contributed by atoms with E-state index in [0.717, 1.165) is 50.1 Å². The van der Waals surface area contributed by atoms with Gasteiger partial charge in [0.15, 0.2) is 0 Å². The predicted octanol–water partition coefficient (Wildman–Crippen LogP) is 4.69. The highest BCUT2D eigenvalue weighted by atomic mass is 35.5. The number of benzene rings is 1. The standard InChI is InChI=1S/C20H23ClN4O2S/c21-14-8-4-9-15(12-14)22-17(26)19-24-23-18(28-19)16-10-5-11-25(16)20(27)13-6-2-1-3-7-13/h4,8-9,12-13,16H,1-3,5-7,10-11H2,(H,22,26). The summed E-state index contributed by atoms with van der Waals surface area (Å²) in [6.45, 7) is 0.767. The van der Waals surface area contributed by atoms with Crippen molar-refractivity contribution in [2.45, 2.75) is 51.0 Å². The molecule has 2 heterocycles. The SMILES string of the molecule is O=C(Nc1cccc(Cl)c1)c1nnc(C2CCCN2C(=O)C2CCCCC2)s1. The molecule has 1 aromatic carbocycles. The summed E-state index contributed by atoms with van der Waals surface area (Å²) in [7, 11) is 0. The molecule has 4 rings (SSSR count). The number of hydrogen-bond donors (Lipinski definition) is 1. The third kappa shape index (κ3) is 4.20.